The van der Waals surface area contributed by atoms with Gasteiger partial charge in [0.2, 0.25) is 0 Å². The van der Waals surface area contributed by atoms with Gasteiger partial charge in [0.1, 0.15) is 22.8 Å². The molecule has 0 aromatic heterocycles. The van der Waals surface area contributed by atoms with Crippen molar-refractivity contribution in [2.24, 2.45) is 5.92 Å². The molecule has 0 saturated heterocycles. The van der Waals surface area contributed by atoms with Gasteiger partial charge in [-0.15, -0.1) is 0 Å². The smallest absolute Gasteiger partial charge is 0.308 e. The van der Waals surface area contributed by atoms with Gasteiger partial charge in [0.05, 0.1) is 26.7 Å². The van der Waals surface area contributed by atoms with Gasteiger partial charge in [0, 0.05) is 6.54 Å². The van der Waals surface area contributed by atoms with Crippen molar-refractivity contribution in [1.29, 1.82) is 0 Å². The molecule has 7 heteroatoms. The van der Waals surface area contributed by atoms with E-state index in [-0.39, 0.29) is 18.5 Å². The number of rotatable bonds is 10. The highest BCUT2D eigenvalue weighted by Crippen LogP contribution is 2.28. The Bertz CT molecular complexity index is 781. The van der Waals surface area contributed by atoms with Crippen LogP contribution < -0.4 is 19.5 Å². The lowest BCUT2D eigenvalue weighted by Gasteiger charge is -2.16. The van der Waals surface area contributed by atoms with Crippen LogP contribution in [0.5, 0.6) is 17.2 Å². The largest absolute Gasteiger partial charge is 0.496 e. The number of ether oxygens (including phenoxy) is 3. The molecule has 1 atom stereocenters. The van der Waals surface area contributed by atoms with E-state index >= 15 is 0 Å². The van der Waals surface area contributed by atoms with Gasteiger partial charge in [0.15, 0.2) is 0 Å². The highest BCUT2D eigenvalue weighted by molar-refractivity contribution is 5.99. The number of methoxy groups -OCH3 is 2. The molecule has 0 radical (unpaired) electrons. The average Bonchev–Trinajstić information content (AvgIpc) is 2.71. The Hall–Kier alpha value is -3.22. The number of nitrogens with one attached hydrogen (secondary N) is 1. The van der Waals surface area contributed by atoms with Crippen molar-refractivity contribution >= 4 is 11.9 Å². The van der Waals surface area contributed by atoms with Gasteiger partial charge in [-0.05, 0) is 43.2 Å². The van der Waals surface area contributed by atoms with E-state index < -0.39 is 17.8 Å². The Kier molecular flexibility index (Phi) is 7.68. The first-order valence-corrected chi connectivity index (χ1v) is 8.93. The second-order valence-electron chi connectivity index (χ2n) is 6.06. The van der Waals surface area contributed by atoms with Crippen LogP contribution in [0.4, 0.5) is 0 Å². The topological polar surface area (TPSA) is 94.1 Å². The van der Waals surface area contributed by atoms with Gasteiger partial charge in [-0.2, -0.15) is 0 Å². The fraction of sp³-hybridized carbons (Fsp3) is 0.333. The number of carbonyl (C=O) groups excluding carboxylic acids is 1. The Morgan fingerprint density at radius 2 is 1.64 bits per heavy atom. The van der Waals surface area contributed by atoms with Crippen molar-refractivity contribution in [2.75, 3.05) is 27.4 Å². The fourth-order valence-corrected chi connectivity index (χ4v) is 2.80. The van der Waals surface area contributed by atoms with Gasteiger partial charge < -0.3 is 24.6 Å². The predicted octanol–water partition coefficient (Wildman–Crippen LogP) is 2.78. The molecule has 0 aliphatic carbocycles. The maximum Gasteiger partial charge on any atom is 0.308 e. The molecule has 0 spiro atoms. The van der Waals surface area contributed by atoms with E-state index in [9.17, 15) is 14.7 Å². The number of carboxylic acid groups (broad SMARTS) is 1. The first-order valence-electron chi connectivity index (χ1n) is 8.93. The SMILES string of the molecule is CCOc1ccc(CC(CNC(=O)c2c(OC)cccc2OC)C(=O)O)cc1. The van der Waals surface area contributed by atoms with Crippen LogP contribution in [-0.4, -0.2) is 44.4 Å². The molecule has 2 N–H and O–H groups in total. The first-order chi connectivity index (χ1) is 13.5. The molecule has 28 heavy (non-hydrogen) atoms. The summed E-state index contributed by atoms with van der Waals surface area (Å²) >= 11 is 0. The lowest BCUT2D eigenvalue weighted by atomic mass is 9.99. The van der Waals surface area contributed by atoms with E-state index in [1.54, 1.807) is 30.3 Å². The number of hydrogen-bond donors (Lipinski definition) is 2. The number of benzene rings is 2. The second kappa shape index (κ2) is 10.2. The highest BCUT2D eigenvalue weighted by atomic mass is 16.5. The molecular weight excluding hydrogens is 362 g/mol. The zero-order chi connectivity index (χ0) is 20.5. The van der Waals surface area contributed by atoms with Gasteiger partial charge in [-0.25, -0.2) is 0 Å². The number of amides is 1. The van der Waals surface area contributed by atoms with E-state index in [4.69, 9.17) is 14.2 Å². The van der Waals surface area contributed by atoms with E-state index in [1.165, 1.54) is 14.2 Å². The van der Waals surface area contributed by atoms with E-state index in [0.29, 0.717) is 18.1 Å². The molecule has 1 amide bonds. The summed E-state index contributed by atoms with van der Waals surface area (Å²) in [4.78, 5) is 24.3. The lowest BCUT2D eigenvalue weighted by Crippen LogP contribution is -2.34. The van der Waals surface area contributed by atoms with E-state index in [2.05, 4.69) is 5.32 Å². The van der Waals surface area contributed by atoms with E-state index in [0.717, 1.165) is 11.3 Å². The van der Waals surface area contributed by atoms with Crippen LogP contribution in [0.3, 0.4) is 0 Å². The van der Waals surface area contributed by atoms with Crippen molar-refractivity contribution < 1.29 is 28.9 Å². The summed E-state index contributed by atoms with van der Waals surface area (Å²) in [6, 6.07) is 12.3. The fourth-order valence-electron chi connectivity index (χ4n) is 2.80. The van der Waals surface area contributed by atoms with Gasteiger partial charge >= 0.3 is 5.97 Å². The summed E-state index contributed by atoms with van der Waals surface area (Å²) in [7, 11) is 2.91. The Balaban J connectivity index is 2.07. The lowest BCUT2D eigenvalue weighted by molar-refractivity contribution is -0.141. The van der Waals surface area contributed by atoms with Gasteiger partial charge in [0.25, 0.3) is 5.91 Å². The van der Waals surface area contributed by atoms with Crippen LogP contribution in [0.25, 0.3) is 0 Å². The summed E-state index contributed by atoms with van der Waals surface area (Å²) in [5, 5.41) is 12.2. The molecule has 7 nitrogen and oxygen atoms in total. The maximum atomic E-state index is 12.6. The maximum absolute atomic E-state index is 12.6. The van der Waals surface area contributed by atoms with Crippen LogP contribution in [0.15, 0.2) is 42.5 Å². The normalized spacial score (nSPS) is 11.4. The molecule has 0 bridgehead atoms. The molecular formula is C21H25NO6. The molecule has 0 heterocycles. The summed E-state index contributed by atoms with van der Waals surface area (Å²) in [6.45, 7) is 2.44. The third-order valence-electron chi connectivity index (χ3n) is 4.23. The van der Waals surface area contributed by atoms with Crippen LogP contribution >= 0.6 is 0 Å². The van der Waals surface area contributed by atoms with Crippen molar-refractivity contribution in [3.63, 3.8) is 0 Å². The Morgan fingerprint density at radius 3 is 2.14 bits per heavy atom. The third-order valence-corrected chi connectivity index (χ3v) is 4.23. The monoisotopic (exact) mass is 387 g/mol. The van der Waals surface area contributed by atoms with Crippen LogP contribution in [-0.2, 0) is 11.2 Å². The quantitative estimate of drug-likeness (QED) is 0.651. The van der Waals surface area contributed by atoms with Crippen LogP contribution in [0.2, 0.25) is 0 Å². The van der Waals surface area contributed by atoms with Crippen molar-refractivity contribution in [3.8, 4) is 17.2 Å². The summed E-state index contributed by atoms with van der Waals surface area (Å²) in [6.07, 6.45) is 0.283. The van der Waals surface area contributed by atoms with Gasteiger partial charge in [-0.3, -0.25) is 9.59 Å². The van der Waals surface area contributed by atoms with Crippen LogP contribution in [0, 0.1) is 5.92 Å². The molecule has 0 aliphatic rings. The average molecular weight is 387 g/mol. The summed E-state index contributed by atoms with van der Waals surface area (Å²) in [5.41, 5.74) is 1.08. The highest BCUT2D eigenvalue weighted by Gasteiger charge is 2.22. The molecule has 0 aliphatic heterocycles. The molecule has 2 aromatic carbocycles. The molecule has 150 valence electrons. The molecule has 0 fully saturated rings. The standard InChI is InChI=1S/C21H25NO6/c1-4-28-16-10-8-14(9-11-16)12-15(21(24)25)13-22-20(23)19-17(26-2)6-5-7-18(19)27-3/h5-11,15H,4,12-13H2,1-3H3,(H,22,23)(H,24,25). The molecule has 0 saturated carbocycles. The number of aliphatic carboxylic acids is 1. The minimum absolute atomic E-state index is 0.0252. The summed E-state index contributed by atoms with van der Waals surface area (Å²) in [5.74, 6) is -0.767. The number of carbonyl (C=O) groups is 2. The van der Waals surface area contributed by atoms with Crippen molar-refractivity contribution in [3.05, 3.63) is 53.6 Å². The second-order valence-corrected chi connectivity index (χ2v) is 6.06. The molecule has 2 aromatic rings. The van der Waals surface area contributed by atoms with Gasteiger partial charge in [-0.1, -0.05) is 18.2 Å². The third kappa shape index (κ3) is 5.39. The Labute approximate surface area is 164 Å². The minimum atomic E-state index is -0.985. The summed E-state index contributed by atoms with van der Waals surface area (Å²) < 4.78 is 15.8. The van der Waals surface area contributed by atoms with Crippen LogP contribution in [0.1, 0.15) is 22.8 Å². The molecule has 1 unspecified atom stereocenters. The predicted molar refractivity (Wildman–Crippen MR) is 104 cm³/mol. The molecule has 2 rings (SSSR count). The number of hydrogen-bond acceptors (Lipinski definition) is 5. The van der Waals surface area contributed by atoms with Crippen molar-refractivity contribution in [1.82, 2.24) is 5.32 Å². The Morgan fingerprint density at radius 1 is 1.04 bits per heavy atom. The minimum Gasteiger partial charge on any atom is -0.496 e. The number of carboxylic acids is 1. The zero-order valence-corrected chi connectivity index (χ0v) is 16.2. The first kappa shape index (κ1) is 21.1. The van der Waals surface area contributed by atoms with Crippen molar-refractivity contribution in [2.45, 2.75) is 13.3 Å². The zero-order valence-electron chi connectivity index (χ0n) is 16.2. The van der Waals surface area contributed by atoms with E-state index in [1.807, 2.05) is 19.1 Å².